The van der Waals surface area contributed by atoms with Crippen molar-refractivity contribution >= 4 is 41.0 Å². The van der Waals surface area contributed by atoms with Crippen molar-refractivity contribution in [2.45, 2.75) is 47.7 Å². The Balaban J connectivity index is 1.21. The van der Waals surface area contributed by atoms with E-state index in [0.717, 1.165) is 24.8 Å². The summed E-state index contributed by atoms with van der Waals surface area (Å²) in [5.74, 6) is 0.128. The molecule has 198 valence electrons. The van der Waals surface area contributed by atoms with E-state index in [1.54, 1.807) is 24.4 Å². The van der Waals surface area contributed by atoms with Crippen LogP contribution in [0.5, 0.6) is 11.8 Å². The fourth-order valence-corrected chi connectivity index (χ4v) is 6.40. The van der Waals surface area contributed by atoms with Crippen LogP contribution in [0.15, 0.2) is 72.7 Å². The van der Waals surface area contributed by atoms with Gasteiger partial charge in [0.1, 0.15) is 16.0 Å². The van der Waals surface area contributed by atoms with Gasteiger partial charge in [-0.15, -0.1) is 0 Å². The van der Waals surface area contributed by atoms with Crippen LogP contribution < -0.4 is 25.6 Å². The van der Waals surface area contributed by atoms with E-state index in [1.165, 1.54) is 35.1 Å². The molecule has 2 aliphatic heterocycles. The Morgan fingerprint density at radius 1 is 1.08 bits per heavy atom. The summed E-state index contributed by atoms with van der Waals surface area (Å²) >= 11 is 1.32. The summed E-state index contributed by atoms with van der Waals surface area (Å²) in [6.45, 7) is 3.50. The fraction of sp³-hybridized carbons (Fsp3) is 0.259. The topological polar surface area (TPSA) is 138 Å². The molecule has 1 saturated carbocycles. The minimum absolute atomic E-state index is 0.155. The largest absolute Gasteiger partial charge is 0.424 e. The van der Waals surface area contributed by atoms with Crippen molar-refractivity contribution in [3.8, 4) is 11.8 Å². The molecular formula is C27H25N7O4S. The Kier molecular flexibility index (Phi) is 6.61. The minimum atomic E-state index is -0.603. The first-order valence-corrected chi connectivity index (χ1v) is 13.4. The molecule has 0 spiro atoms. The zero-order valence-corrected chi connectivity index (χ0v) is 21.6. The van der Waals surface area contributed by atoms with E-state index in [2.05, 4.69) is 37.5 Å². The number of thioether (sulfide) groups is 1. The Morgan fingerprint density at radius 3 is 2.56 bits per heavy atom. The number of anilines is 2. The number of carbonyl (C=O) groups is 3. The van der Waals surface area contributed by atoms with Gasteiger partial charge >= 0.3 is 12.0 Å². The van der Waals surface area contributed by atoms with Gasteiger partial charge < -0.3 is 20.7 Å². The summed E-state index contributed by atoms with van der Waals surface area (Å²) < 4.78 is 5.67. The molecule has 1 fully saturated rings. The molecule has 0 saturated heterocycles. The van der Waals surface area contributed by atoms with Crippen LogP contribution in [0.4, 0.5) is 16.2 Å². The quantitative estimate of drug-likeness (QED) is 0.386. The van der Waals surface area contributed by atoms with E-state index in [9.17, 15) is 14.4 Å². The van der Waals surface area contributed by atoms with Crippen LogP contribution in [-0.4, -0.2) is 50.1 Å². The highest BCUT2D eigenvalue weighted by atomic mass is 32.2. The number of aromatic nitrogens is 3. The maximum atomic E-state index is 13.4. The van der Waals surface area contributed by atoms with Crippen molar-refractivity contribution in [2.24, 2.45) is 0 Å². The van der Waals surface area contributed by atoms with Crippen LogP contribution >= 0.6 is 11.8 Å². The molecule has 12 heteroatoms. The average molecular weight is 544 g/mol. The Hall–Kier alpha value is -4.45. The van der Waals surface area contributed by atoms with Crippen LogP contribution in [-0.2, 0) is 9.59 Å². The average Bonchev–Trinajstić information content (AvgIpc) is 3.54. The third kappa shape index (κ3) is 4.78. The van der Waals surface area contributed by atoms with E-state index in [1.807, 2.05) is 18.2 Å². The second-order valence-electron chi connectivity index (χ2n) is 9.35. The van der Waals surface area contributed by atoms with E-state index < -0.39 is 17.3 Å². The summed E-state index contributed by atoms with van der Waals surface area (Å²) in [7, 11) is 0. The molecule has 6 rings (SSSR count). The zero-order valence-electron chi connectivity index (χ0n) is 20.7. The molecule has 4 heterocycles. The fourth-order valence-electron chi connectivity index (χ4n) is 5.17. The van der Waals surface area contributed by atoms with Crippen molar-refractivity contribution in [1.82, 2.24) is 30.9 Å². The molecule has 39 heavy (non-hydrogen) atoms. The lowest BCUT2D eigenvalue weighted by molar-refractivity contribution is -0.122. The maximum Gasteiger partial charge on any atom is 0.327 e. The first-order valence-electron chi connectivity index (χ1n) is 12.6. The Labute approximate surface area is 228 Å². The highest BCUT2D eigenvalue weighted by Crippen LogP contribution is 2.50. The van der Waals surface area contributed by atoms with Crippen LogP contribution in [0.3, 0.4) is 0 Å². The van der Waals surface area contributed by atoms with Crippen molar-refractivity contribution in [3.05, 3.63) is 73.2 Å². The number of hydrogen-bond acceptors (Lipinski definition) is 8. The molecule has 4 amide bonds. The van der Waals surface area contributed by atoms with Gasteiger partial charge in [-0.2, -0.15) is 0 Å². The number of benzene rings is 1. The number of nitrogens with zero attached hydrogens (tertiary/aromatic N) is 4. The van der Waals surface area contributed by atoms with Gasteiger partial charge in [-0.05, 0) is 43.5 Å². The molecule has 2 unspecified atom stereocenters. The number of hydrogen-bond donors (Lipinski definition) is 3. The maximum absolute atomic E-state index is 13.4. The molecule has 0 radical (unpaired) electrons. The number of rotatable bonds is 7. The van der Waals surface area contributed by atoms with E-state index in [-0.39, 0.29) is 29.9 Å². The van der Waals surface area contributed by atoms with Crippen LogP contribution in [0.1, 0.15) is 30.9 Å². The summed E-state index contributed by atoms with van der Waals surface area (Å²) in [6, 6.07) is 9.77. The highest BCUT2D eigenvalue weighted by Gasteiger charge is 2.47. The molecule has 3 N–H and O–H groups in total. The lowest BCUT2D eigenvalue weighted by Gasteiger charge is -2.34. The first kappa shape index (κ1) is 24.9. The number of carbonyl (C=O) groups excluding carboxylic acids is 3. The Bertz CT molecular complexity index is 1440. The number of para-hydroxylation sites is 1. The minimum Gasteiger partial charge on any atom is -0.424 e. The van der Waals surface area contributed by atoms with Gasteiger partial charge in [0.15, 0.2) is 0 Å². The van der Waals surface area contributed by atoms with Crippen LogP contribution in [0.2, 0.25) is 0 Å². The van der Waals surface area contributed by atoms with Gasteiger partial charge in [-0.1, -0.05) is 36.5 Å². The van der Waals surface area contributed by atoms with Gasteiger partial charge in [0.25, 0.3) is 0 Å². The normalized spacial score (nSPS) is 23.0. The second-order valence-corrected chi connectivity index (χ2v) is 10.5. The van der Waals surface area contributed by atoms with Gasteiger partial charge in [-0.3, -0.25) is 14.5 Å². The van der Waals surface area contributed by atoms with Crippen molar-refractivity contribution < 1.29 is 19.1 Å². The number of ether oxygens (including phenoxy) is 1. The smallest absolute Gasteiger partial charge is 0.327 e. The molecule has 3 aromatic rings. The molecule has 0 bridgehead atoms. The highest BCUT2D eigenvalue weighted by molar-refractivity contribution is 8.01. The van der Waals surface area contributed by atoms with E-state index in [0.29, 0.717) is 22.2 Å². The Morgan fingerprint density at radius 2 is 1.82 bits per heavy atom. The van der Waals surface area contributed by atoms with Gasteiger partial charge in [-0.25, -0.2) is 19.7 Å². The predicted octanol–water partition coefficient (Wildman–Crippen LogP) is 3.38. The molecule has 1 aliphatic carbocycles. The predicted molar refractivity (Wildman–Crippen MR) is 144 cm³/mol. The molecule has 2 aromatic heterocycles. The second kappa shape index (κ2) is 10.4. The number of urea groups is 1. The van der Waals surface area contributed by atoms with Crippen molar-refractivity contribution in [1.29, 1.82) is 0 Å². The number of amides is 4. The summed E-state index contributed by atoms with van der Waals surface area (Å²) in [4.78, 5) is 53.1. The lowest BCUT2D eigenvalue weighted by Crippen LogP contribution is -2.53. The van der Waals surface area contributed by atoms with Gasteiger partial charge in [0.05, 0.1) is 29.8 Å². The van der Waals surface area contributed by atoms with Crippen LogP contribution in [0.25, 0.3) is 0 Å². The van der Waals surface area contributed by atoms with E-state index >= 15 is 0 Å². The molecule has 11 nitrogen and oxygen atoms in total. The molecule has 3 aliphatic rings. The van der Waals surface area contributed by atoms with Crippen molar-refractivity contribution in [3.63, 3.8) is 0 Å². The van der Waals surface area contributed by atoms with Crippen LogP contribution in [0, 0.1) is 0 Å². The summed E-state index contributed by atoms with van der Waals surface area (Å²) in [5.41, 5.74) is 1.84. The SMILES string of the molecule is C=CC(=O)N[C@@H]1CCC[C@H]1NC(=O)C1Sc2nccc3c2C1NC(=O)N3c1cnc(Oc2ccccc2)nc1. The third-order valence-electron chi connectivity index (χ3n) is 6.95. The van der Waals surface area contributed by atoms with E-state index in [4.69, 9.17) is 4.74 Å². The summed E-state index contributed by atoms with van der Waals surface area (Å²) in [5, 5.41) is 9.04. The first-order chi connectivity index (χ1) is 19.0. The third-order valence-corrected chi connectivity index (χ3v) is 8.23. The number of nitrogens with one attached hydrogen (secondary N) is 3. The standard InChI is InChI=1S/C27H25N7O4S/c1-2-20(35)31-17-9-6-10-18(17)32-24(36)23-22-21-19(11-12-28-25(21)39-23)34(27(37)33-22)15-13-29-26(30-14-15)38-16-7-4-3-5-8-16/h2-5,7-8,11-14,17-18,22-23H,1,6,9-10H2,(H,31,35)(H,32,36)(H,33,37)/t17-,18-,22?,23?/m1/s1. The summed E-state index contributed by atoms with van der Waals surface area (Å²) in [6.07, 6.45) is 8.31. The van der Waals surface area contributed by atoms with Gasteiger partial charge in [0, 0.05) is 23.8 Å². The molecular weight excluding hydrogens is 518 g/mol. The molecule has 4 atom stereocenters. The monoisotopic (exact) mass is 543 g/mol. The lowest BCUT2D eigenvalue weighted by atomic mass is 10.00. The van der Waals surface area contributed by atoms with Crippen molar-refractivity contribution in [2.75, 3.05) is 4.90 Å². The van der Waals surface area contributed by atoms with Gasteiger partial charge in [0.2, 0.25) is 11.8 Å². The number of pyridine rings is 1. The molecule has 1 aromatic carbocycles. The zero-order chi connectivity index (χ0) is 26.9.